The Morgan fingerprint density at radius 2 is 1.69 bits per heavy atom. The normalized spacial score (nSPS) is 14.0. The van der Waals surface area contributed by atoms with Crippen LogP contribution in [0.25, 0.3) is 0 Å². The number of para-hydroxylation sites is 1. The van der Waals surface area contributed by atoms with Crippen LogP contribution in [0.2, 0.25) is 0 Å². The van der Waals surface area contributed by atoms with Gasteiger partial charge in [-0.15, -0.1) is 0 Å². The Hall–Kier alpha value is -2.82. The molecule has 1 N–H and O–H groups in total. The number of carbonyl (C=O) groups excluding carboxylic acids is 2. The molecule has 5 nitrogen and oxygen atoms in total. The fourth-order valence-corrected chi connectivity index (χ4v) is 3.11. The quantitative estimate of drug-likeness (QED) is 0.742. The summed E-state index contributed by atoms with van der Waals surface area (Å²) >= 11 is 0. The van der Waals surface area contributed by atoms with Crippen molar-refractivity contribution in [3.63, 3.8) is 0 Å². The molecule has 3 rings (SSSR count). The van der Waals surface area contributed by atoms with Gasteiger partial charge >= 0.3 is 5.97 Å². The van der Waals surface area contributed by atoms with Crippen LogP contribution in [0.5, 0.6) is 11.5 Å². The monoisotopic (exact) mass is 353 g/mol. The van der Waals surface area contributed by atoms with E-state index >= 15 is 0 Å². The van der Waals surface area contributed by atoms with Crippen LogP contribution in [-0.2, 0) is 14.3 Å². The molecule has 1 aliphatic carbocycles. The topological polar surface area (TPSA) is 64.6 Å². The summed E-state index contributed by atoms with van der Waals surface area (Å²) in [5.41, 5.74) is 0.593. The van der Waals surface area contributed by atoms with Crippen LogP contribution in [0, 0.1) is 5.92 Å². The van der Waals surface area contributed by atoms with Crippen molar-refractivity contribution in [3.8, 4) is 11.5 Å². The van der Waals surface area contributed by atoms with Crippen LogP contribution in [0.15, 0.2) is 54.6 Å². The highest BCUT2D eigenvalue weighted by molar-refractivity contribution is 5.92. The van der Waals surface area contributed by atoms with Crippen LogP contribution in [0.3, 0.4) is 0 Å². The summed E-state index contributed by atoms with van der Waals surface area (Å²) in [7, 11) is 0. The molecule has 0 aromatic heterocycles. The van der Waals surface area contributed by atoms with Gasteiger partial charge in [-0.25, -0.2) is 0 Å². The number of esters is 1. The van der Waals surface area contributed by atoms with Crippen LogP contribution < -0.4 is 10.1 Å². The van der Waals surface area contributed by atoms with Crippen molar-refractivity contribution in [2.24, 2.45) is 5.92 Å². The molecule has 0 unspecified atom stereocenters. The molecule has 0 saturated heterocycles. The zero-order valence-electron chi connectivity index (χ0n) is 14.6. The first kappa shape index (κ1) is 18.0. The summed E-state index contributed by atoms with van der Waals surface area (Å²) in [6.07, 6.45) is 4.93. The van der Waals surface area contributed by atoms with Gasteiger partial charge in [-0.2, -0.15) is 0 Å². The van der Waals surface area contributed by atoms with Gasteiger partial charge in [0.15, 0.2) is 6.61 Å². The highest BCUT2D eigenvalue weighted by Gasteiger charge is 2.19. The van der Waals surface area contributed by atoms with E-state index in [1.54, 1.807) is 18.2 Å². The molecule has 1 fully saturated rings. The summed E-state index contributed by atoms with van der Waals surface area (Å²) in [5.74, 6) is 1.09. The van der Waals surface area contributed by atoms with E-state index < -0.39 is 0 Å². The van der Waals surface area contributed by atoms with Gasteiger partial charge in [0.2, 0.25) is 0 Å². The average Bonchev–Trinajstić information content (AvgIpc) is 3.14. The Balaban J connectivity index is 1.46. The van der Waals surface area contributed by atoms with Crippen molar-refractivity contribution in [2.75, 3.05) is 11.9 Å². The molecule has 136 valence electrons. The van der Waals surface area contributed by atoms with Gasteiger partial charge in [-0.1, -0.05) is 37.1 Å². The lowest BCUT2D eigenvalue weighted by molar-refractivity contribution is -0.148. The second kappa shape index (κ2) is 9.04. The molecule has 0 heterocycles. The molecule has 1 aliphatic rings. The van der Waals surface area contributed by atoms with Gasteiger partial charge in [0.05, 0.1) is 0 Å². The lowest BCUT2D eigenvalue weighted by atomic mass is 10.1. The Kier molecular flexibility index (Phi) is 6.25. The molecule has 0 radical (unpaired) electrons. The van der Waals surface area contributed by atoms with Gasteiger partial charge in [-0.05, 0) is 43.0 Å². The molecule has 0 bridgehead atoms. The van der Waals surface area contributed by atoms with Gasteiger partial charge in [0.1, 0.15) is 11.5 Å². The Labute approximate surface area is 153 Å². The lowest BCUT2D eigenvalue weighted by Crippen LogP contribution is -2.21. The number of rotatable bonds is 7. The molecule has 26 heavy (non-hydrogen) atoms. The number of hydrogen-bond donors (Lipinski definition) is 1. The summed E-state index contributed by atoms with van der Waals surface area (Å²) < 4.78 is 10.8. The Morgan fingerprint density at radius 3 is 2.46 bits per heavy atom. The highest BCUT2D eigenvalue weighted by atomic mass is 16.5. The molecule has 0 atom stereocenters. The maximum Gasteiger partial charge on any atom is 0.306 e. The van der Waals surface area contributed by atoms with Crippen LogP contribution in [0.1, 0.15) is 32.1 Å². The van der Waals surface area contributed by atoms with Gasteiger partial charge in [0.25, 0.3) is 5.91 Å². The summed E-state index contributed by atoms with van der Waals surface area (Å²) in [6, 6.07) is 16.5. The van der Waals surface area contributed by atoms with E-state index in [-0.39, 0.29) is 18.5 Å². The maximum absolute atomic E-state index is 12.0. The number of nitrogens with one attached hydrogen (secondary N) is 1. The molecular formula is C21H23NO4. The first-order chi connectivity index (χ1) is 12.7. The Bertz CT molecular complexity index is 739. The van der Waals surface area contributed by atoms with Crippen molar-refractivity contribution < 1.29 is 19.1 Å². The third kappa shape index (κ3) is 5.62. The summed E-state index contributed by atoms with van der Waals surface area (Å²) in [5, 5.41) is 2.72. The number of benzene rings is 2. The van der Waals surface area contributed by atoms with Crippen LogP contribution >= 0.6 is 0 Å². The molecule has 0 spiro atoms. The van der Waals surface area contributed by atoms with E-state index in [1.807, 2.05) is 36.4 Å². The van der Waals surface area contributed by atoms with Crippen molar-refractivity contribution >= 4 is 17.6 Å². The van der Waals surface area contributed by atoms with Gasteiger partial charge < -0.3 is 14.8 Å². The lowest BCUT2D eigenvalue weighted by Gasteiger charge is -2.10. The summed E-state index contributed by atoms with van der Waals surface area (Å²) in [6.45, 7) is -0.269. The van der Waals surface area contributed by atoms with Crippen LogP contribution in [0.4, 0.5) is 5.69 Å². The first-order valence-electron chi connectivity index (χ1n) is 8.97. The molecule has 2 aromatic carbocycles. The number of carbonyl (C=O) groups is 2. The SMILES string of the molecule is O=C(COC(=O)CC1CCCC1)Nc1cccc(Oc2ccccc2)c1. The molecule has 1 saturated carbocycles. The van der Waals surface area contributed by atoms with Crippen LogP contribution in [-0.4, -0.2) is 18.5 Å². The number of anilines is 1. The van der Waals surface area contributed by atoms with Crippen molar-refractivity contribution in [3.05, 3.63) is 54.6 Å². The fraction of sp³-hybridized carbons (Fsp3) is 0.333. The van der Waals surface area contributed by atoms with E-state index in [2.05, 4.69) is 5.32 Å². The standard InChI is InChI=1S/C21H23NO4/c23-20(15-25-21(24)13-16-7-4-5-8-16)22-17-9-6-12-19(14-17)26-18-10-2-1-3-11-18/h1-3,6,9-12,14,16H,4-5,7-8,13,15H2,(H,22,23). The first-order valence-corrected chi connectivity index (χ1v) is 8.97. The van der Waals surface area contributed by atoms with Crippen molar-refractivity contribution in [2.45, 2.75) is 32.1 Å². The third-order valence-corrected chi connectivity index (χ3v) is 4.39. The molecule has 1 amide bonds. The van der Waals surface area contributed by atoms with Crippen molar-refractivity contribution in [1.82, 2.24) is 0 Å². The molecule has 2 aromatic rings. The fourth-order valence-electron chi connectivity index (χ4n) is 3.11. The van der Waals surface area contributed by atoms with Crippen molar-refractivity contribution in [1.29, 1.82) is 0 Å². The zero-order valence-corrected chi connectivity index (χ0v) is 14.6. The molecule has 0 aliphatic heterocycles. The number of ether oxygens (including phenoxy) is 2. The third-order valence-electron chi connectivity index (χ3n) is 4.39. The minimum atomic E-state index is -0.360. The van der Waals surface area contributed by atoms with Gasteiger partial charge in [0, 0.05) is 18.2 Å². The van der Waals surface area contributed by atoms with E-state index in [9.17, 15) is 9.59 Å². The second-order valence-electron chi connectivity index (χ2n) is 6.51. The second-order valence-corrected chi connectivity index (χ2v) is 6.51. The number of amides is 1. The van der Waals surface area contributed by atoms with E-state index in [0.717, 1.165) is 18.6 Å². The average molecular weight is 353 g/mol. The predicted molar refractivity (Wildman–Crippen MR) is 99.1 cm³/mol. The van der Waals surface area contributed by atoms with E-state index in [0.29, 0.717) is 23.8 Å². The zero-order chi connectivity index (χ0) is 18.2. The predicted octanol–water partition coefficient (Wildman–Crippen LogP) is 4.54. The van der Waals surface area contributed by atoms with E-state index in [4.69, 9.17) is 9.47 Å². The summed E-state index contributed by atoms with van der Waals surface area (Å²) in [4.78, 5) is 23.8. The highest BCUT2D eigenvalue weighted by Crippen LogP contribution is 2.27. The number of hydrogen-bond acceptors (Lipinski definition) is 4. The minimum Gasteiger partial charge on any atom is -0.457 e. The smallest absolute Gasteiger partial charge is 0.306 e. The van der Waals surface area contributed by atoms with Gasteiger partial charge in [-0.3, -0.25) is 9.59 Å². The molecular weight excluding hydrogens is 330 g/mol. The minimum absolute atomic E-state index is 0.269. The Morgan fingerprint density at radius 1 is 0.962 bits per heavy atom. The largest absolute Gasteiger partial charge is 0.457 e. The molecule has 5 heteroatoms. The maximum atomic E-state index is 12.0. The van der Waals surface area contributed by atoms with E-state index in [1.165, 1.54) is 12.8 Å².